The third kappa shape index (κ3) is 2.60. The van der Waals surface area contributed by atoms with Crippen LogP contribution in [0.4, 0.5) is 0 Å². The van der Waals surface area contributed by atoms with E-state index >= 15 is 0 Å². The molecule has 0 saturated carbocycles. The highest BCUT2D eigenvalue weighted by molar-refractivity contribution is 5.50. The third-order valence-electron chi connectivity index (χ3n) is 1.76. The topological polar surface area (TPSA) is 35.5 Å². The maximum Gasteiger partial charge on any atom is 0.155 e. The molecule has 0 aromatic carbocycles. The van der Waals surface area contributed by atoms with Gasteiger partial charge in [-0.3, -0.25) is 0 Å². The van der Waals surface area contributed by atoms with Crippen molar-refractivity contribution in [1.82, 2.24) is 0 Å². The van der Waals surface area contributed by atoms with Crippen molar-refractivity contribution in [2.24, 2.45) is 0 Å². The summed E-state index contributed by atoms with van der Waals surface area (Å²) in [7, 11) is 0. The van der Waals surface area contributed by atoms with E-state index in [0.717, 1.165) is 12.7 Å². The van der Waals surface area contributed by atoms with Crippen LogP contribution in [0.3, 0.4) is 0 Å². The van der Waals surface area contributed by atoms with Crippen LogP contribution in [0.5, 0.6) is 0 Å². The van der Waals surface area contributed by atoms with Gasteiger partial charge in [-0.1, -0.05) is 0 Å². The molecule has 1 aliphatic heterocycles. The molecule has 1 rings (SSSR count). The van der Waals surface area contributed by atoms with Gasteiger partial charge in [0.1, 0.15) is 6.29 Å². The van der Waals surface area contributed by atoms with Gasteiger partial charge < -0.3 is 14.3 Å². The fourth-order valence-corrected chi connectivity index (χ4v) is 1.37. The highest BCUT2D eigenvalue weighted by Crippen LogP contribution is 2.19. The lowest BCUT2D eigenvalue weighted by Crippen LogP contribution is -2.35. The van der Waals surface area contributed by atoms with Gasteiger partial charge in [-0.2, -0.15) is 0 Å². The highest BCUT2D eigenvalue weighted by atomic mass is 16.7. The predicted octanol–water partition coefficient (Wildman–Crippen LogP) is 1.12. The first-order chi connectivity index (χ1) is 5.22. The second-order valence-electron chi connectivity index (χ2n) is 2.91. The molecule has 1 saturated heterocycles. The minimum Gasteiger partial charge on any atom is -0.350 e. The van der Waals surface area contributed by atoms with Crippen molar-refractivity contribution >= 4 is 6.29 Å². The zero-order chi connectivity index (χ0) is 8.27. The van der Waals surface area contributed by atoms with Gasteiger partial charge in [0, 0.05) is 12.8 Å². The summed E-state index contributed by atoms with van der Waals surface area (Å²) in [4.78, 5) is 10.2. The first-order valence-electron chi connectivity index (χ1n) is 3.97. The van der Waals surface area contributed by atoms with Crippen LogP contribution in [0.25, 0.3) is 0 Å². The summed E-state index contributed by atoms with van der Waals surface area (Å²) in [6, 6.07) is 0. The Kier molecular flexibility index (Phi) is 3.02. The fraction of sp³-hybridized carbons (Fsp3) is 0.875. The van der Waals surface area contributed by atoms with E-state index in [9.17, 15) is 4.79 Å². The van der Waals surface area contributed by atoms with Crippen LogP contribution in [0.15, 0.2) is 0 Å². The molecule has 0 amide bonds. The molecule has 3 nitrogen and oxygen atoms in total. The number of ether oxygens (including phenoxy) is 2. The van der Waals surface area contributed by atoms with Crippen molar-refractivity contribution in [3.05, 3.63) is 0 Å². The van der Waals surface area contributed by atoms with E-state index in [0.29, 0.717) is 6.42 Å². The third-order valence-corrected chi connectivity index (χ3v) is 1.76. The van der Waals surface area contributed by atoms with Gasteiger partial charge >= 0.3 is 0 Å². The van der Waals surface area contributed by atoms with Gasteiger partial charge in [0.05, 0.1) is 12.2 Å². The molecule has 0 aromatic rings. The van der Waals surface area contributed by atoms with Gasteiger partial charge in [-0.05, 0) is 13.8 Å². The van der Waals surface area contributed by atoms with Crippen LogP contribution in [0.1, 0.15) is 26.7 Å². The number of carbonyl (C=O) groups excluding carboxylic acids is 1. The summed E-state index contributed by atoms with van der Waals surface area (Å²) < 4.78 is 10.7. The van der Waals surface area contributed by atoms with Gasteiger partial charge in [-0.25, -0.2) is 0 Å². The Balaban J connectivity index is 2.36. The molecule has 0 aliphatic carbocycles. The van der Waals surface area contributed by atoms with E-state index in [1.807, 2.05) is 13.8 Å². The Labute approximate surface area is 66.7 Å². The van der Waals surface area contributed by atoms with Gasteiger partial charge in [0.25, 0.3) is 0 Å². The van der Waals surface area contributed by atoms with Gasteiger partial charge in [0.2, 0.25) is 0 Å². The summed E-state index contributed by atoms with van der Waals surface area (Å²) in [5.74, 6) is 0. The standard InChI is InChI=1S/C8H14O3/c1-6-5-8(3-4-9)11-7(2)10-6/h4,6-8H,3,5H2,1-2H3/t6-,7+,8+/m1/s1. The van der Waals surface area contributed by atoms with E-state index in [1.165, 1.54) is 0 Å². The summed E-state index contributed by atoms with van der Waals surface area (Å²) in [6.45, 7) is 3.85. The number of rotatable bonds is 2. The smallest absolute Gasteiger partial charge is 0.155 e. The maximum atomic E-state index is 10.2. The second-order valence-corrected chi connectivity index (χ2v) is 2.91. The monoisotopic (exact) mass is 158 g/mol. The molecule has 0 radical (unpaired) electrons. The lowest BCUT2D eigenvalue weighted by molar-refractivity contribution is -0.228. The van der Waals surface area contributed by atoms with E-state index in [2.05, 4.69) is 0 Å². The largest absolute Gasteiger partial charge is 0.350 e. The van der Waals surface area contributed by atoms with Gasteiger partial charge in [-0.15, -0.1) is 0 Å². The fourth-order valence-electron chi connectivity index (χ4n) is 1.37. The van der Waals surface area contributed by atoms with Crippen LogP contribution in [0, 0.1) is 0 Å². The first kappa shape index (κ1) is 8.68. The molecule has 1 fully saturated rings. The van der Waals surface area contributed by atoms with Crippen LogP contribution in [-0.4, -0.2) is 24.8 Å². The number of carbonyl (C=O) groups is 1. The Hall–Kier alpha value is -0.410. The molecule has 1 aliphatic rings. The lowest BCUT2D eigenvalue weighted by atomic mass is 10.1. The van der Waals surface area contributed by atoms with Crippen molar-refractivity contribution in [2.75, 3.05) is 0 Å². The van der Waals surface area contributed by atoms with E-state index in [-0.39, 0.29) is 18.5 Å². The van der Waals surface area contributed by atoms with E-state index < -0.39 is 0 Å². The van der Waals surface area contributed by atoms with Crippen molar-refractivity contribution < 1.29 is 14.3 Å². The second kappa shape index (κ2) is 3.83. The maximum absolute atomic E-state index is 10.2. The van der Waals surface area contributed by atoms with Crippen molar-refractivity contribution in [2.45, 2.75) is 45.2 Å². The van der Waals surface area contributed by atoms with E-state index in [4.69, 9.17) is 9.47 Å². The zero-order valence-corrected chi connectivity index (χ0v) is 6.95. The quantitative estimate of drug-likeness (QED) is 0.565. The molecular formula is C8H14O3. The Morgan fingerprint density at radius 2 is 2.18 bits per heavy atom. The van der Waals surface area contributed by atoms with Crippen molar-refractivity contribution in [3.8, 4) is 0 Å². The molecule has 3 heteroatoms. The summed E-state index contributed by atoms with van der Waals surface area (Å²) in [5.41, 5.74) is 0. The summed E-state index contributed by atoms with van der Waals surface area (Å²) in [6.07, 6.45) is 2.31. The van der Waals surface area contributed by atoms with Gasteiger partial charge in [0.15, 0.2) is 6.29 Å². The SMILES string of the molecule is C[C@@H]1O[C@@H](CC=O)C[C@@H](C)O1. The Bertz CT molecular complexity index is 125. The highest BCUT2D eigenvalue weighted by Gasteiger charge is 2.23. The normalized spacial score (nSPS) is 38.5. The first-order valence-corrected chi connectivity index (χ1v) is 3.97. The van der Waals surface area contributed by atoms with Crippen LogP contribution < -0.4 is 0 Å². The molecule has 0 N–H and O–H groups in total. The lowest BCUT2D eigenvalue weighted by Gasteiger charge is -2.31. The van der Waals surface area contributed by atoms with Crippen LogP contribution in [0.2, 0.25) is 0 Å². The Morgan fingerprint density at radius 1 is 1.45 bits per heavy atom. The van der Waals surface area contributed by atoms with Crippen LogP contribution >= 0.6 is 0 Å². The predicted molar refractivity (Wildman–Crippen MR) is 40.2 cm³/mol. The molecular weight excluding hydrogens is 144 g/mol. The molecule has 3 atom stereocenters. The summed E-state index contributed by atoms with van der Waals surface area (Å²) in [5, 5.41) is 0. The van der Waals surface area contributed by atoms with E-state index in [1.54, 1.807) is 0 Å². The molecule has 0 unspecified atom stereocenters. The average Bonchev–Trinajstić information content (AvgIpc) is 1.85. The van der Waals surface area contributed by atoms with Crippen molar-refractivity contribution in [3.63, 3.8) is 0 Å². The molecule has 0 aromatic heterocycles. The number of hydrogen-bond donors (Lipinski definition) is 0. The average molecular weight is 158 g/mol. The molecule has 0 spiro atoms. The molecule has 11 heavy (non-hydrogen) atoms. The molecule has 1 heterocycles. The molecule has 64 valence electrons. The number of aldehydes is 1. The summed E-state index contributed by atoms with van der Waals surface area (Å²) >= 11 is 0. The molecule has 0 bridgehead atoms. The number of hydrogen-bond acceptors (Lipinski definition) is 3. The van der Waals surface area contributed by atoms with Crippen LogP contribution in [-0.2, 0) is 14.3 Å². The minimum absolute atomic E-state index is 0.0613. The minimum atomic E-state index is -0.163. The Morgan fingerprint density at radius 3 is 2.73 bits per heavy atom. The zero-order valence-electron chi connectivity index (χ0n) is 6.95. The van der Waals surface area contributed by atoms with Crippen molar-refractivity contribution in [1.29, 1.82) is 0 Å².